The molecule has 0 amide bonds. The lowest BCUT2D eigenvalue weighted by Gasteiger charge is -2.26. The molecule has 0 aliphatic rings. The van der Waals surface area contributed by atoms with Gasteiger partial charge >= 0.3 is 0 Å². The van der Waals surface area contributed by atoms with Crippen LogP contribution < -0.4 is 0 Å². The molecule has 0 bridgehead atoms. The van der Waals surface area contributed by atoms with E-state index in [-0.39, 0.29) is 0 Å². The molecule has 0 heterocycles. The normalized spacial score (nSPS) is 17.4. The molecule has 0 rings (SSSR count). The molecule has 0 aliphatic carbocycles. The van der Waals surface area contributed by atoms with E-state index in [1.54, 1.807) is 0 Å². The molecule has 0 saturated heterocycles. The summed E-state index contributed by atoms with van der Waals surface area (Å²) in [6, 6.07) is 0. The third kappa shape index (κ3) is 11.2. The Labute approximate surface area is 135 Å². The lowest BCUT2D eigenvalue weighted by atomic mass is 9.97. The minimum atomic E-state index is 0.498. The van der Waals surface area contributed by atoms with E-state index in [1.165, 1.54) is 64.2 Å². The summed E-state index contributed by atoms with van der Waals surface area (Å²) in [5, 5.41) is 0. The first kappa shape index (κ1) is 21.0. The van der Waals surface area contributed by atoms with Gasteiger partial charge in [0.25, 0.3) is 0 Å². The molecule has 0 N–H and O–H groups in total. The Kier molecular flexibility index (Phi) is 13.6. The van der Waals surface area contributed by atoms with Gasteiger partial charge in [-0.15, -0.1) is 0 Å². The number of rotatable bonds is 14. The summed E-state index contributed by atoms with van der Waals surface area (Å²) in [7, 11) is 0. The zero-order valence-corrected chi connectivity index (χ0v) is 15.8. The molecular formula is C20H42O. The first-order valence-electron chi connectivity index (χ1n) is 9.72. The van der Waals surface area contributed by atoms with E-state index in [0.29, 0.717) is 12.2 Å². The standard InChI is InChI=1S/C20H42O/c1-7-11-19(15-13-17(5)9-3)21-20(12-8-2)16-14-18(6)10-4/h17-20H,7-16H2,1-6H3. The first-order chi connectivity index (χ1) is 10.1. The average Bonchev–Trinajstić information content (AvgIpc) is 2.49. The van der Waals surface area contributed by atoms with Gasteiger partial charge in [0, 0.05) is 0 Å². The van der Waals surface area contributed by atoms with Crippen LogP contribution in [-0.2, 0) is 4.74 Å². The van der Waals surface area contributed by atoms with Gasteiger partial charge in [-0.25, -0.2) is 0 Å². The zero-order chi connectivity index (χ0) is 16.1. The van der Waals surface area contributed by atoms with Gasteiger partial charge in [0.05, 0.1) is 12.2 Å². The Morgan fingerprint density at radius 2 is 0.952 bits per heavy atom. The summed E-state index contributed by atoms with van der Waals surface area (Å²) in [5.74, 6) is 1.69. The molecule has 4 unspecified atom stereocenters. The van der Waals surface area contributed by atoms with E-state index in [1.807, 2.05) is 0 Å². The van der Waals surface area contributed by atoms with Gasteiger partial charge in [-0.3, -0.25) is 0 Å². The Bertz CT molecular complexity index is 192. The van der Waals surface area contributed by atoms with Crippen LogP contribution in [-0.4, -0.2) is 12.2 Å². The van der Waals surface area contributed by atoms with Gasteiger partial charge in [0.15, 0.2) is 0 Å². The summed E-state index contributed by atoms with van der Waals surface area (Å²) >= 11 is 0. The summed E-state index contributed by atoms with van der Waals surface area (Å²) in [4.78, 5) is 0. The lowest BCUT2D eigenvalue weighted by molar-refractivity contribution is -0.0334. The molecule has 0 aromatic carbocycles. The molecule has 0 spiro atoms. The summed E-state index contributed by atoms with van der Waals surface area (Å²) in [5.41, 5.74) is 0. The van der Waals surface area contributed by atoms with Gasteiger partial charge in [0.2, 0.25) is 0 Å². The third-order valence-corrected chi connectivity index (χ3v) is 4.96. The van der Waals surface area contributed by atoms with E-state index < -0.39 is 0 Å². The predicted octanol–water partition coefficient (Wildman–Crippen LogP) is 6.99. The minimum absolute atomic E-state index is 0.498. The summed E-state index contributed by atoms with van der Waals surface area (Å²) < 4.78 is 6.52. The minimum Gasteiger partial charge on any atom is -0.375 e. The van der Waals surface area contributed by atoms with Crippen LogP contribution in [0.4, 0.5) is 0 Å². The highest BCUT2D eigenvalue weighted by molar-refractivity contribution is 4.67. The maximum atomic E-state index is 6.52. The van der Waals surface area contributed by atoms with Crippen LogP contribution in [0.1, 0.15) is 106 Å². The zero-order valence-electron chi connectivity index (χ0n) is 15.8. The third-order valence-electron chi connectivity index (χ3n) is 4.96. The fourth-order valence-electron chi connectivity index (χ4n) is 2.83. The molecule has 0 aromatic heterocycles. The molecule has 1 heteroatoms. The SMILES string of the molecule is CCCC(CCC(C)CC)OC(CCC)CCC(C)CC. The Morgan fingerprint density at radius 3 is 1.24 bits per heavy atom. The monoisotopic (exact) mass is 298 g/mol. The van der Waals surface area contributed by atoms with Crippen molar-refractivity contribution in [3.05, 3.63) is 0 Å². The van der Waals surface area contributed by atoms with Gasteiger partial charge in [0.1, 0.15) is 0 Å². The van der Waals surface area contributed by atoms with E-state index in [9.17, 15) is 0 Å². The van der Waals surface area contributed by atoms with E-state index in [2.05, 4.69) is 41.5 Å². The number of hydrogen-bond donors (Lipinski definition) is 0. The largest absolute Gasteiger partial charge is 0.375 e. The van der Waals surface area contributed by atoms with Crippen molar-refractivity contribution in [3.63, 3.8) is 0 Å². The van der Waals surface area contributed by atoms with Crippen molar-refractivity contribution < 1.29 is 4.74 Å². The van der Waals surface area contributed by atoms with Crippen molar-refractivity contribution in [1.82, 2.24) is 0 Å². The van der Waals surface area contributed by atoms with Crippen molar-refractivity contribution in [2.75, 3.05) is 0 Å². The molecule has 21 heavy (non-hydrogen) atoms. The number of hydrogen-bond acceptors (Lipinski definition) is 1. The fourth-order valence-corrected chi connectivity index (χ4v) is 2.83. The second kappa shape index (κ2) is 13.6. The maximum Gasteiger partial charge on any atom is 0.0578 e. The summed E-state index contributed by atoms with van der Waals surface area (Å²) in [6.07, 6.45) is 13.7. The van der Waals surface area contributed by atoms with Crippen LogP contribution in [0.25, 0.3) is 0 Å². The predicted molar refractivity (Wildman–Crippen MR) is 95.9 cm³/mol. The van der Waals surface area contributed by atoms with Gasteiger partial charge in [-0.05, 0) is 50.4 Å². The van der Waals surface area contributed by atoms with Crippen LogP contribution in [0.3, 0.4) is 0 Å². The van der Waals surface area contributed by atoms with Crippen LogP contribution >= 0.6 is 0 Å². The quantitative estimate of drug-likeness (QED) is 0.335. The van der Waals surface area contributed by atoms with Crippen molar-refractivity contribution in [1.29, 1.82) is 0 Å². The van der Waals surface area contributed by atoms with Crippen LogP contribution in [0.2, 0.25) is 0 Å². The Hall–Kier alpha value is -0.0400. The molecule has 1 nitrogen and oxygen atoms in total. The van der Waals surface area contributed by atoms with Gasteiger partial charge < -0.3 is 4.74 Å². The second-order valence-corrected chi connectivity index (χ2v) is 7.14. The molecule has 0 saturated carbocycles. The maximum absolute atomic E-state index is 6.52. The highest BCUT2D eigenvalue weighted by atomic mass is 16.5. The molecule has 0 aliphatic heterocycles. The smallest absolute Gasteiger partial charge is 0.0578 e. The summed E-state index contributed by atoms with van der Waals surface area (Å²) in [6.45, 7) is 13.9. The molecular weight excluding hydrogens is 256 g/mol. The highest BCUT2D eigenvalue weighted by Crippen LogP contribution is 2.22. The molecule has 0 fully saturated rings. The topological polar surface area (TPSA) is 9.23 Å². The molecule has 4 atom stereocenters. The fraction of sp³-hybridized carbons (Fsp3) is 1.00. The molecule has 128 valence electrons. The average molecular weight is 299 g/mol. The van der Waals surface area contributed by atoms with Crippen molar-refractivity contribution >= 4 is 0 Å². The van der Waals surface area contributed by atoms with E-state index >= 15 is 0 Å². The van der Waals surface area contributed by atoms with Crippen molar-refractivity contribution in [3.8, 4) is 0 Å². The second-order valence-electron chi connectivity index (χ2n) is 7.14. The molecule has 0 radical (unpaired) electrons. The van der Waals surface area contributed by atoms with Gasteiger partial charge in [-0.2, -0.15) is 0 Å². The van der Waals surface area contributed by atoms with Crippen LogP contribution in [0, 0.1) is 11.8 Å². The Morgan fingerprint density at radius 1 is 0.571 bits per heavy atom. The van der Waals surface area contributed by atoms with E-state index in [4.69, 9.17) is 4.74 Å². The number of ether oxygens (including phenoxy) is 1. The lowest BCUT2D eigenvalue weighted by Crippen LogP contribution is -2.23. The van der Waals surface area contributed by atoms with Crippen molar-refractivity contribution in [2.45, 2.75) is 118 Å². The highest BCUT2D eigenvalue weighted by Gasteiger charge is 2.17. The van der Waals surface area contributed by atoms with Crippen LogP contribution in [0.15, 0.2) is 0 Å². The molecule has 0 aromatic rings. The van der Waals surface area contributed by atoms with Gasteiger partial charge in [-0.1, -0.05) is 67.2 Å². The van der Waals surface area contributed by atoms with Crippen LogP contribution in [0.5, 0.6) is 0 Å². The van der Waals surface area contributed by atoms with Crippen molar-refractivity contribution in [2.24, 2.45) is 11.8 Å². The first-order valence-corrected chi connectivity index (χ1v) is 9.72. The van der Waals surface area contributed by atoms with E-state index in [0.717, 1.165) is 11.8 Å². The Balaban J connectivity index is 4.29.